The molecular formula is C14H20F2N2O. The molecule has 19 heavy (non-hydrogen) atoms. The molecule has 1 aliphatic rings. The molecule has 3 nitrogen and oxygen atoms in total. The van der Waals surface area contributed by atoms with Gasteiger partial charge in [-0.05, 0) is 38.0 Å². The molecule has 1 unspecified atom stereocenters. The van der Waals surface area contributed by atoms with Crippen LogP contribution in [0.1, 0.15) is 44.2 Å². The van der Waals surface area contributed by atoms with Gasteiger partial charge in [-0.1, -0.05) is 12.8 Å². The van der Waals surface area contributed by atoms with Crippen LogP contribution < -0.4 is 11.3 Å². The predicted molar refractivity (Wildman–Crippen MR) is 69.2 cm³/mol. The average Bonchev–Trinajstić information content (AvgIpc) is 2.84. The Labute approximate surface area is 112 Å². The summed E-state index contributed by atoms with van der Waals surface area (Å²) in [5.41, 5.74) is 2.31. The third-order valence-electron chi connectivity index (χ3n) is 3.84. The van der Waals surface area contributed by atoms with Gasteiger partial charge >= 0.3 is 0 Å². The van der Waals surface area contributed by atoms with E-state index in [2.05, 4.69) is 5.43 Å². The molecule has 0 spiro atoms. The Balaban J connectivity index is 2.39. The second-order valence-corrected chi connectivity index (χ2v) is 4.97. The zero-order valence-corrected chi connectivity index (χ0v) is 11.1. The maximum Gasteiger partial charge on any atom is 0.128 e. The summed E-state index contributed by atoms with van der Waals surface area (Å²) in [4.78, 5) is 0. The molecule has 0 radical (unpaired) electrons. The predicted octanol–water partition coefficient (Wildman–Crippen LogP) is 2.82. The molecule has 5 heteroatoms. The van der Waals surface area contributed by atoms with Crippen molar-refractivity contribution in [3.8, 4) is 0 Å². The lowest BCUT2D eigenvalue weighted by atomic mass is 9.86. The van der Waals surface area contributed by atoms with Crippen molar-refractivity contribution >= 4 is 0 Å². The van der Waals surface area contributed by atoms with E-state index in [1.807, 2.05) is 6.92 Å². The maximum atomic E-state index is 14.0. The molecule has 106 valence electrons. The van der Waals surface area contributed by atoms with Crippen molar-refractivity contribution in [3.05, 3.63) is 35.4 Å². The molecule has 1 fully saturated rings. The lowest BCUT2D eigenvalue weighted by molar-refractivity contribution is -0.0635. The molecule has 1 aromatic carbocycles. The van der Waals surface area contributed by atoms with E-state index in [4.69, 9.17) is 10.6 Å². The molecule has 0 bridgehead atoms. The normalized spacial score (nSPS) is 19.6. The molecular weight excluding hydrogens is 250 g/mol. The molecule has 1 saturated carbocycles. The molecule has 1 aromatic rings. The number of hydrogen-bond acceptors (Lipinski definition) is 3. The zero-order chi connectivity index (χ0) is 13.9. The van der Waals surface area contributed by atoms with Gasteiger partial charge in [0.1, 0.15) is 11.6 Å². The van der Waals surface area contributed by atoms with E-state index in [-0.39, 0.29) is 5.56 Å². The largest absolute Gasteiger partial charge is 0.373 e. The second-order valence-electron chi connectivity index (χ2n) is 4.97. The smallest absolute Gasteiger partial charge is 0.128 e. The minimum Gasteiger partial charge on any atom is -0.373 e. The number of hydrazine groups is 1. The molecule has 2 rings (SSSR count). The van der Waals surface area contributed by atoms with E-state index in [0.717, 1.165) is 37.8 Å². The number of halogens is 2. The SMILES string of the molecule is CCOC1(C(NN)c2cc(F)ccc2F)CCCC1. The minimum atomic E-state index is -0.544. The van der Waals surface area contributed by atoms with Gasteiger partial charge in [0, 0.05) is 12.2 Å². The average molecular weight is 270 g/mol. The van der Waals surface area contributed by atoms with Gasteiger partial charge in [-0.25, -0.2) is 14.2 Å². The van der Waals surface area contributed by atoms with Crippen molar-refractivity contribution in [2.24, 2.45) is 5.84 Å². The maximum absolute atomic E-state index is 14.0. The molecule has 1 atom stereocenters. The van der Waals surface area contributed by atoms with E-state index in [1.54, 1.807) is 0 Å². The van der Waals surface area contributed by atoms with Crippen molar-refractivity contribution in [2.45, 2.75) is 44.2 Å². The van der Waals surface area contributed by atoms with E-state index in [9.17, 15) is 8.78 Å². The van der Waals surface area contributed by atoms with Crippen molar-refractivity contribution in [3.63, 3.8) is 0 Å². The first-order chi connectivity index (χ1) is 9.13. The van der Waals surface area contributed by atoms with Gasteiger partial charge < -0.3 is 4.74 Å². The van der Waals surface area contributed by atoms with Crippen LogP contribution >= 0.6 is 0 Å². The fourth-order valence-corrected chi connectivity index (χ4v) is 3.04. The van der Waals surface area contributed by atoms with Crippen molar-refractivity contribution in [1.82, 2.24) is 5.43 Å². The van der Waals surface area contributed by atoms with Crippen LogP contribution in [0.25, 0.3) is 0 Å². The number of nitrogens with one attached hydrogen (secondary N) is 1. The Morgan fingerprint density at radius 2 is 2.05 bits per heavy atom. The van der Waals surface area contributed by atoms with E-state index in [0.29, 0.717) is 6.61 Å². The molecule has 3 N–H and O–H groups in total. The number of nitrogens with two attached hydrogens (primary N) is 1. The summed E-state index contributed by atoms with van der Waals surface area (Å²) in [7, 11) is 0. The summed E-state index contributed by atoms with van der Waals surface area (Å²) in [6.07, 6.45) is 3.61. The quantitative estimate of drug-likeness (QED) is 0.639. The lowest BCUT2D eigenvalue weighted by Crippen LogP contribution is -2.47. The highest BCUT2D eigenvalue weighted by Crippen LogP contribution is 2.43. The van der Waals surface area contributed by atoms with E-state index < -0.39 is 23.3 Å². The molecule has 0 aromatic heterocycles. The summed E-state index contributed by atoms with van der Waals surface area (Å²) < 4.78 is 33.2. The fraction of sp³-hybridized carbons (Fsp3) is 0.571. The lowest BCUT2D eigenvalue weighted by Gasteiger charge is -2.37. The van der Waals surface area contributed by atoms with Crippen LogP contribution in [0.4, 0.5) is 8.78 Å². The van der Waals surface area contributed by atoms with Gasteiger partial charge in [0.2, 0.25) is 0 Å². The van der Waals surface area contributed by atoms with E-state index in [1.165, 1.54) is 6.07 Å². The fourth-order valence-electron chi connectivity index (χ4n) is 3.04. The molecule has 0 aliphatic heterocycles. The molecule has 1 aliphatic carbocycles. The highest BCUT2D eigenvalue weighted by Gasteiger charge is 2.43. The van der Waals surface area contributed by atoms with Crippen molar-refractivity contribution in [1.29, 1.82) is 0 Å². The van der Waals surface area contributed by atoms with Crippen molar-refractivity contribution in [2.75, 3.05) is 6.61 Å². The minimum absolute atomic E-state index is 0.234. The van der Waals surface area contributed by atoms with Crippen LogP contribution in [-0.2, 0) is 4.74 Å². The van der Waals surface area contributed by atoms with Gasteiger partial charge in [0.15, 0.2) is 0 Å². The number of benzene rings is 1. The van der Waals surface area contributed by atoms with Crippen LogP contribution in [0.5, 0.6) is 0 Å². The summed E-state index contributed by atoms with van der Waals surface area (Å²) in [6, 6.07) is 2.89. The topological polar surface area (TPSA) is 47.3 Å². The van der Waals surface area contributed by atoms with Crippen LogP contribution in [0.2, 0.25) is 0 Å². The summed E-state index contributed by atoms with van der Waals surface area (Å²) in [6.45, 7) is 2.42. The summed E-state index contributed by atoms with van der Waals surface area (Å²) in [5, 5.41) is 0. The standard InChI is InChI=1S/C14H20F2N2O/c1-2-19-14(7-3-4-8-14)13(18-17)11-9-10(15)5-6-12(11)16/h5-6,9,13,18H,2-4,7-8,17H2,1H3. The molecule has 0 heterocycles. The van der Waals surface area contributed by atoms with Gasteiger partial charge in [0.25, 0.3) is 0 Å². The van der Waals surface area contributed by atoms with Gasteiger partial charge in [-0.15, -0.1) is 0 Å². The third-order valence-corrected chi connectivity index (χ3v) is 3.84. The van der Waals surface area contributed by atoms with Crippen LogP contribution in [0.3, 0.4) is 0 Å². The summed E-state index contributed by atoms with van der Waals surface area (Å²) in [5.74, 6) is 4.67. The number of rotatable bonds is 5. The number of hydrogen-bond donors (Lipinski definition) is 2. The van der Waals surface area contributed by atoms with Gasteiger partial charge in [-0.3, -0.25) is 5.84 Å². The zero-order valence-electron chi connectivity index (χ0n) is 11.1. The first kappa shape index (κ1) is 14.4. The molecule has 0 amide bonds. The Morgan fingerprint density at radius 3 is 2.63 bits per heavy atom. The molecule has 0 saturated heterocycles. The highest BCUT2D eigenvalue weighted by atomic mass is 19.1. The highest BCUT2D eigenvalue weighted by molar-refractivity contribution is 5.26. The summed E-state index contributed by atoms with van der Waals surface area (Å²) >= 11 is 0. The number of ether oxygens (including phenoxy) is 1. The Bertz CT molecular complexity index is 433. The Morgan fingerprint density at radius 1 is 1.37 bits per heavy atom. The van der Waals surface area contributed by atoms with Crippen LogP contribution in [-0.4, -0.2) is 12.2 Å². The van der Waals surface area contributed by atoms with Crippen molar-refractivity contribution < 1.29 is 13.5 Å². The monoisotopic (exact) mass is 270 g/mol. The Hall–Kier alpha value is -1.04. The Kier molecular flexibility index (Phi) is 4.50. The first-order valence-electron chi connectivity index (χ1n) is 6.68. The first-order valence-corrected chi connectivity index (χ1v) is 6.68. The van der Waals surface area contributed by atoms with Crippen LogP contribution in [0.15, 0.2) is 18.2 Å². The second kappa shape index (κ2) is 5.94. The third kappa shape index (κ3) is 2.78. The van der Waals surface area contributed by atoms with E-state index >= 15 is 0 Å². The van der Waals surface area contributed by atoms with Gasteiger partial charge in [0.05, 0.1) is 11.6 Å². The van der Waals surface area contributed by atoms with Gasteiger partial charge in [-0.2, -0.15) is 0 Å². The van der Waals surface area contributed by atoms with Crippen LogP contribution in [0, 0.1) is 11.6 Å².